The fourth-order valence-corrected chi connectivity index (χ4v) is 2.41. The Bertz CT molecular complexity index is 724. The third-order valence-electron chi connectivity index (χ3n) is 4.01. The number of carbonyl (C=O) groups excluding carboxylic acids is 1. The van der Waals surface area contributed by atoms with Crippen LogP contribution in [0.5, 0.6) is 0 Å². The molecule has 1 unspecified atom stereocenters. The summed E-state index contributed by atoms with van der Waals surface area (Å²) in [4.78, 5) is 23.0. The molecule has 5 nitrogen and oxygen atoms in total. The van der Waals surface area contributed by atoms with E-state index in [1.807, 2.05) is 24.3 Å². The number of nitro groups is 1. The lowest BCUT2D eigenvalue weighted by atomic mass is 9.98. The molecule has 0 bridgehead atoms. The molecule has 0 saturated heterocycles. The molecule has 2 aromatic rings. The smallest absolute Gasteiger partial charge is 0.285 e. The van der Waals surface area contributed by atoms with Crippen LogP contribution in [0.15, 0.2) is 42.5 Å². The number of carbonyl (C=O) groups is 1. The second-order valence-electron chi connectivity index (χ2n) is 5.61. The van der Waals surface area contributed by atoms with Gasteiger partial charge in [0.2, 0.25) is 0 Å². The molecule has 2 aromatic carbocycles. The second-order valence-corrected chi connectivity index (χ2v) is 5.61. The van der Waals surface area contributed by atoms with Crippen LogP contribution in [0.25, 0.3) is 0 Å². The normalized spacial score (nSPS) is 11.8. The van der Waals surface area contributed by atoms with Crippen molar-refractivity contribution in [2.75, 3.05) is 5.32 Å². The Morgan fingerprint density at radius 2 is 1.87 bits per heavy atom. The van der Waals surface area contributed by atoms with Crippen LogP contribution in [0, 0.1) is 17.0 Å². The van der Waals surface area contributed by atoms with Gasteiger partial charge in [-0.1, -0.05) is 38.1 Å². The van der Waals surface area contributed by atoms with E-state index in [4.69, 9.17) is 0 Å². The summed E-state index contributed by atoms with van der Waals surface area (Å²) in [5, 5.41) is 13.9. The van der Waals surface area contributed by atoms with Crippen LogP contribution in [-0.4, -0.2) is 10.8 Å². The van der Waals surface area contributed by atoms with Gasteiger partial charge in [0.15, 0.2) is 0 Å². The number of nitrogens with one attached hydrogen (secondary N) is 1. The zero-order valence-electron chi connectivity index (χ0n) is 13.5. The quantitative estimate of drug-likeness (QED) is 0.644. The first-order chi connectivity index (χ1) is 10.9. The number of aryl methyl sites for hydroxylation is 1. The van der Waals surface area contributed by atoms with Crippen LogP contribution in [0.4, 0.5) is 11.4 Å². The van der Waals surface area contributed by atoms with E-state index in [2.05, 4.69) is 19.2 Å². The lowest BCUT2D eigenvalue weighted by Crippen LogP contribution is -2.14. The number of hydrogen-bond acceptors (Lipinski definition) is 3. The van der Waals surface area contributed by atoms with Gasteiger partial charge < -0.3 is 5.32 Å². The van der Waals surface area contributed by atoms with Crippen molar-refractivity contribution in [3.63, 3.8) is 0 Å². The third kappa shape index (κ3) is 3.74. The van der Waals surface area contributed by atoms with Crippen LogP contribution in [0.1, 0.15) is 47.7 Å². The van der Waals surface area contributed by atoms with Gasteiger partial charge in [0.05, 0.1) is 4.92 Å². The fraction of sp³-hybridized carbons (Fsp3) is 0.278. The van der Waals surface area contributed by atoms with E-state index < -0.39 is 10.8 Å². The summed E-state index contributed by atoms with van der Waals surface area (Å²) < 4.78 is 0. The molecule has 0 aliphatic rings. The molecule has 5 heteroatoms. The van der Waals surface area contributed by atoms with Gasteiger partial charge in [-0.2, -0.15) is 0 Å². The summed E-state index contributed by atoms with van der Waals surface area (Å²) in [6.07, 6.45) is 1.04. The Balaban J connectivity index is 2.23. The van der Waals surface area contributed by atoms with Crippen LogP contribution in [0.2, 0.25) is 0 Å². The first-order valence-electron chi connectivity index (χ1n) is 7.59. The largest absolute Gasteiger partial charge is 0.322 e. The highest BCUT2D eigenvalue weighted by Crippen LogP contribution is 2.25. The van der Waals surface area contributed by atoms with Gasteiger partial charge in [0, 0.05) is 11.3 Å². The van der Waals surface area contributed by atoms with Crippen molar-refractivity contribution in [1.82, 2.24) is 0 Å². The van der Waals surface area contributed by atoms with E-state index in [0.717, 1.165) is 6.42 Å². The van der Waals surface area contributed by atoms with Gasteiger partial charge in [-0.05, 0) is 43.0 Å². The van der Waals surface area contributed by atoms with E-state index in [9.17, 15) is 14.9 Å². The molecule has 23 heavy (non-hydrogen) atoms. The second kappa shape index (κ2) is 7.05. The van der Waals surface area contributed by atoms with Gasteiger partial charge in [0.25, 0.3) is 11.6 Å². The molecular weight excluding hydrogens is 292 g/mol. The lowest BCUT2D eigenvalue weighted by Gasteiger charge is -2.11. The van der Waals surface area contributed by atoms with Crippen LogP contribution < -0.4 is 5.32 Å². The van der Waals surface area contributed by atoms with E-state index in [-0.39, 0.29) is 11.3 Å². The minimum absolute atomic E-state index is 0.0704. The highest BCUT2D eigenvalue weighted by Gasteiger charge is 2.22. The number of nitrogens with zero attached hydrogens (tertiary/aromatic N) is 1. The fourth-order valence-electron chi connectivity index (χ4n) is 2.41. The molecule has 120 valence electrons. The summed E-state index contributed by atoms with van der Waals surface area (Å²) in [5.41, 5.74) is 2.21. The van der Waals surface area contributed by atoms with Crippen LogP contribution >= 0.6 is 0 Å². The third-order valence-corrected chi connectivity index (χ3v) is 4.01. The zero-order chi connectivity index (χ0) is 17.0. The Hall–Kier alpha value is -2.69. The molecule has 0 spiro atoms. The van der Waals surface area contributed by atoms with Gasteiger partial charge in [0.1, 0.15) is 5.56 Å². The molecule has 1 atom stereocenters. The van der Waals surface area contributed by atoms with Crippen LogP contribution in [-0.2, 0) is 0 Å². The van der Waals surface area contributed by atoms with Crippen molar-refractivity contribution >= 4 is 17.3 Å². The number of nitro benzene ring substituents is 1. The first-order valence-corrected chi connectivity index (χ1v) is 7.59. The van der Waals surface area contributed by atoms with Crippen LogP contribution in [0.3, 0.4) is 0 Å². The van der Waals surface area contributed by atoms with Crippen molar-refractivity contribution in [3.05, 3.63) is 69.3 Å². The molecule has 2 rings (SSSR count). The van der Waals surface area contributed by atoms with E-state index in [1.54, 1.807) is 19.1 Å². The monoisotopic (exact) mass is 312 g/mol. The number of rotatable bonds is 5. The summed E-state index contributed by atoms with van der Waals surface area (Å²) in [6, 6.07) is 12.3. The molecule has 0 heterocycles. The Morgan fingerprint density at radius 1 is 1.22 bits per heavy atom. The summed E-state index contributed by atoms with van der Waals surface area (Å²) in [6.45, 7) is 5.89. The van der Waals surface area contributed by atoms with Crippen molar-refractivity contribution in [2.45, 2.75) is 33.1 Å². The molecule has 0 saturated carbocycles. The Kier molecular flexibility index (Phi) is 5.11. The van der Waals surface area contributed by atoms with Crippen molar-refractivity contribution in [2.24, 2.45) is 0 Å². The molecule has 0 aliphatic carbocycles. The average molecular weight is 312 g/mol. The van der Waals surface area contributed by atoms with E-state index >= 15 is 0 Å². The maximum absolute atomic E-state index is 12.4. The maximum Gasteiger partial charge on any atom is 0.285 e. The molecule has 1 N–H and O–H groups in total. The van der Waals surface area contributed by atoms with Gasteiger partial charge in [-0.15, -0.1) is 0 Å². The molecular formula is C18H20N2O3. The minimum Gasteiger partial charge on any atom is -0.322 e. The van der Waals surface area contributed by atoms with Crippen molar-refractivity contribution < 1.29 is 9.72 Å². The van der Waals surface area contributed by atoms with Gasteiger partial charge in [-0.3, -0.25) is 14.9 Å². The standard InChI is InChI=1S/C18H20N2O3/c1-4-12(2)14-8-10-15(11-9-14)19-18(21)16-7-5-6-13(3)17(16)20(22)23/h5-12H,4H2,1-3H3,(H,19,21). The number of para-hydroxylation sites is 1. The summed E-state index contributed by atoms with van der Waals surface area (Å²) in [5.74, 6) is -0.0192. The Labute approximate surface area is 135 Å². The SMILES string of the molecule is CCC(C)c1ccc(NC(=O)c2cccc(C)c2[N+](=O)[O-])cc1. The number of anilines is 1. The minimum atomic E-state index is -0.518. The molecule has 0 aliphatic heterocycles. The van der Waals surface area contributed by atoms with Crippen molar-refractivity contribution in [1.29, 1.82) is 0 Å². The number of hydrogen-bond donors (Lipinski definition) is 1. The molecule has 1 amide bonds. The van der Waals surface area contributed by atoms with E-state index in [1.165, 1.54) is 11.6 Å². The first kappa shape index (κ1) is 16.7. The van der Waals surface area contributed by atoms with Crippen molar-refractivity contribution in [3.8, 4) is 0 Å². The zero-order valence-corrected chi connectivity index (χ0v) is 13.5. The lowest BCUT2D eigenvalue weighted by molar-refractivity contribution is -0.385. The summed E-state index contributed by atoms with van der Waals surface area (Å²) in [7, 11) is 0. The average Bonchev–Trinajstić information content (AvgIpc) is 2.54. The topological polar surface area (TPSA) is 72.2 Å². The van der Waals surface area contributed by atoms with E-state index in [0.29, 0.717) is 17.2 Å². The highest BCUT2D eigenvalue weighted by molar-refractivity contribution is 6.07. The highest BCUT2D eigenvalue weighted by atomic mass is 16.6. The van der Waals surface area contributed by atoms with Gasteiger partial charge in [-0.25, -0.2) is 0 Å². The molecule has 0 radical (unpaired) electrons. The predicted molar refractivity (Wildman–Crippen MR) is 90.9 cm³/mol. The van der Waals surface area contributed by atoms with Gasteiger partial charge >= 0.3 is 0 Å². The predicted octanol–water partition coefficient (Wildman–Crippen LogP) is 4.67. The maximum atomic E-state index is 12.4. The summed E-state index contributed by atoms with van der Waals surface area (Å²) >= 11 is 0. The molecule has 0 aromatic heterocycles. The Morgan fingerprint density at radius 3 is 2.43 bits per heavy atom. The number of benzene rings is 2. The molecule has 0 fully saturated rings. The number of amides is 1.